The fourth-order valence-corrected chi connectivity index (χ4v) is 2.16. The van der Waals surface area contributed by atoms with Crippen molar-refractivity contribution >= 4 is 11.1 Å². The van der Waals surface area contributed by atoms with Crippen LogP contribution in [0.1, 0.15) is 11.1 Å². The lowest BCUT2D eigenvalue weighted by atomic mass is 10.2. The van der Waals surface area contributed by atoms with Gasteiger partial charge in [0.2, 0.25) is 0 Å². The third-order valence-electron chi connectivity index (χ3n) is 3.20. The lowest BCUT2D eigenvalue weighted by Crippen LogP contribution is -2.15. The van der Waals surface area contributed by atoms with Gasteiger partial charge in [0.15, 0.2) is 5.58 Å². The van der Waals surface area contributed by atoms with Gasteiger partial charge in [-0.25, -0.2) is 9.18 Å². The number of aliphatic hydroxyl groups is 1. The summed E-state index contributed by atoms with van der Waals surface area (Å²) in [6.07, 6.45) is 0. The summed E-state index contributed by atoms with van der Waals surface area (Å²) >= 11 is 0. The van der Waals surface area contributed by atoms with E-state index in [1.807, 2.05) is 0 Å². The van der Waals surface area contributed by atoms with Crippen molar-refractivity contribution in [1.82, 2.24) is 4.57 Å². The molecule has 3 aromatic rings. The number of hydrogen-bond donors (Lipinski definition) is 1. The number of benzene rings is 2. The van der Waals surface area contributed by atoms with Gasteiger partial charge in [-0.1, -0.05) is 24.3 Å². The van der Waals surface area contributed by atoms with Gasteiger partial charge in [-0.3, -0.25) is 4.57 Å². The second-order valence-corrected chi connectivity index (χ2v) is 4.51. The van der Waals surface area contributed by atoms with Crippen molar-refractivity contribution in [1.29, 1.82) is 0 Å². The van der Waals surface area contributed by atoms with E-state index < -0.39 is 5.76 Å². The Bertz CT molecular complexity index is 819. The van der Waals surface area contributed by atoms with E-state index >= 15 is 0 Å². The first kappa shape index (κ1) is 12.6. The highest BCUT2D eigenvalue weighted by atomic mass is 19.1. The van der Waals surface area contributed by atoms with Crippen LogP contribution in [0.2, 0.25) is 0 Å². The first-order valence-electron chi connectivity index (χ1n) is 6.15. The molecule has 20 heavy (non-hydrogen) atoms. The third kappa shape index (κ3) is 2.12. The Morgan fingerprint density at radius 3 is 2.75 bits per heavy atom. The molecule has 4 nitrogen and oxygen atoms in total. The Hall–Kier alpha value is -2.40. The number of oxazole rings is 1. The van der Waals surface area contributed by atoms with Gasteiger partial charge in [-0.2, -0.15) is 0 Å². The highest BCUT2D eigenvalue weighted by Gasteiger charge is 2.11. The predicted molar refractivity (Wildman–Crippen MR) is 71.9 cm³/mol. The van der Waals surface area contributed by atoms with Crippen LogP contribution in [0.3, 0.4) is 0 Å². The van der Waals surface area contributed by atoms with Gasteiger partial charge in [0, 0.05) is 5.56 Å². The minimum atomic E-state index is -0.543. The average Bonchev–Trinajstić information content (AvgIpc) is 2.76. The summed E-state index contributed by atoms with van der Waals surface area (Å²) in [5.74, 6) is -0.904. The zero-order valence-electron chi connectivity index (χ0n) is 10.5. The molecule has 0 unspecified atom stereocenters. The maximum absolute atomic E-state index is 13.7. The Kier molecular flexibility index (Phi) is 3.12. The Labute approximate surface area is 113 Å². The molecule has 0 aliphatic heterocycles. The van der Waals surface area contributed by atoms with E-state index in [1.165, 1.54) is 10.6 Å². The highest BCUT2D eigenvalue weighted by Crippen LogP contribution is 2.17. The van der Waals surface area contributed by atoms with Gasteiger partial charge in [-0.15, -0.1) is 0 Å². The second-order valence-electron chi connectivity index (χ2n) is 4.51. The largest absolute Gasteiger partial charge is 0.420 e. The van der Waals surface area contributed by atoms with Crippen molar-refractivity contribution in [2.75, 3.05) is 0 Å². The number of aliphatic hydroxyl groups excluding tert-OH is 1. The van der Waals surface area contributed by atoms with Gasteiger partial charge >= 0.3 is 5.76 Å². The summed E-state index contributed by atoms with van der Waals surface area (Å²) in [5, 5.41) is 9.07. The molecule has 1 heterocycles. The van der Waals surface area contributed by atoms with Crippen LogP contribution in [0, 0.1) is 5.82 Å². The van der Waals surface area contributed by atoms with Crippen molar-refractivity contribution < 1.29 is 13.9 Å². The van der Waals surface area contributed by atoms with E-state index in [9.17, 15) is 9.18 Å². The maximum Gasteiger partial charge on any atom is 0.420 e. The topological polar surface area (TPSA) is 55.4 Å². The molecule has 0 spiro atoms. The van der Waals surface area contributed by atoms with Crippen molar-refractivity contribution in [2.24, 2.45) is 0 Å². The number of halogens is 1. The van der Waals surface area contributed by atoms with Crippen LogP contribution >= 0.6 is 0 Å². The number of fused-ring (bicyclic) bond motifs is 1. The molecule has 0 radical (unpaired) electrons. The van der Waals surface area contributed by atoms with Crippen LogP contribution in [-0.2, 0) is 13.2 Å². The molecule has 0 atom stereocenters. The second kappa shape index (κ2) is 4.94. The molecule has 0 aliphatic carbocycles. The molecule has 1 aromatic heterocycles. The monoisotopic (exact) mass is 273 g/mol. The maximum atomic E-state index is 13.7. The standard InChI is InChI=1S/C15H12FNO3/c16-12-4-2-1-3-11(12)8-17-13-6-5-10(9-18)7-14(13)20-15(17)19/h1-7,18H,8-9H2. The lowest BCUT2D eigenvalue weighted by molar-refractivity contribution is 0.282. The number of hydrogen-bond acceptors (Lipinski definition) is 3. The van der Waals surface area contributed by atoms with Crippen LogP contribution < -0.4 is 5.76 Å². The summed E-state index contributed by atoms with van der Waals surface area (Å²) in [7, 11) is 0. The molecule has 0 saturated heterocycles. The van der Waals surface area contributed by atoms with Gasteiger partial charge in [0.25, 0.3) is 0 Å². The summed E-state index contributed by atoms with van der Waals surface area (Å²) in [4.78, 5) is 11.9. The van der Waals surface area contributed by atoms with Crippen molar-refractivity contribution in [2.45, 2.75) is 13.2 Å². The molecule has 3 rings (SSSR count). The molecule has 1 N–H and O–H groups in total. The smallest absolute Gasteiger partial charge is 0.408 e. The molecule has 5 heteroatoms. The summed E-state index contributed by atoms with van der Waals surface area (Å²) in [5.41, 5.74) is 2.04. The van der Waals surface area contributed by atoms with E-state index in [0.717, 1.165) is 0 Å². The molecule has 0 bridgehead atoms. The van der Waals surface area contributed by atoms with E-state index in [-0.39, 0.29) is 19.0 Å². The van der Waals surface area contributed by atoms with Crippen LogP contribution in [-0.4, -0.2) is 9.67 Å². The van der Waals surface area contributed by atoms with Crippen LogP contribution in [0.4, 0.5) is 4.39 Å². The Morgan fingerprint density at radius 2 is 2.00 bits per heavy atom. The highest BCUT2D eigenvalue weighted by molar-refractivity contribution is 5.73. The fraction of sp³-hybridized carbons (Fsp3) is 0.133. The predicted octanol–water partition coefficient (Wildman–Crippen LogP) is 2.27. The van der Waals surface area contributed by atoms with Crippen LogP contribution in [0.15, 0.2) is 51.7 Å². The fourth-order valence-electron chi connectivity index (χ4n) is 2.16. The summed E-state index contributed by atoms with van der Waals surface area (Å²) in [6.45, 7) is -0.0187. The Balaban J connectivity index is 2.10. The van der Waals surface area contributed by atoms with Crippen LogP contribution in [0.5, 0.6) is 0 Å². The van der Waals surface area contributed by atoms with E-state index in [4.69, 9.17) is 9.52 Å². The van der Waals surface area contributed by atoms with Crippen molar-refractivity contribution in [3.8, 4) is 0 Å². The molecular weight excluding hydrogens is 261 g/mol. The number of nitrogens with zero attached hydrogens (tertiary/aromatic N) is 1. The summed E-state index contributed by atoms with van der Waals surface area (Å²) in [6, 6.07) is 11.3. The first-order valence-corrected chi connectivity index (χ1v) is 6.15. The zero-order chi connectivity index (χ0) is 14.1. The number of aromatic nitrogens is 1. The van der Waals surface area contributed by atoms with E-state index in [1.54, 1.807) is 36.4 Å². The van der Waals surface area contributed by atoms with Gasteiger partial charge in [0.1, 0.15) is 5.82 Å². The van der Waals surface area contributed by atoms with Crippen molar-refractivity contribution in [3.05, 3.63) is 70.0 Å². The van der Waals surface area contributed by atoms with E-state index in [0.29, 0.717) is 22.2 Å². The first-order chi connectivity index (χ1) is 9.69. The lowest BCUT2D eigenvalue weighted by Gasteiger charge is -2.04. The van der Waals surface area contributed by atoms with Gasteiger partial charge in [-0.05, 0) is 23.8 Å². The molecule has 0 fully saturated rings. The van der Waals surface area contributed by atoms with Gasteiger partial charge < -0.3 is 9.52 Å². The molecule has 2 aromatic carbocycles. The third-order valence-corrected chi connectivity index (χ3v) is 3.20. The van der Waals surface area contributed by atoms with Gasteiger partial charge in [0.05, 0.1) is 18.7 Å². The minimum Gasteiger partial charge on any atom is -0.408 e. The van der Waals surface area contributed by atoms with E-state index in [2.05, 4.69) is 0 Å². The normalized spacial score (nSPS) is 11.1. The molecule has 0 aliphatic rings. The molecule has 0 amide bonds. The molecular formula is C15H12FNO3. The summed E-state index contributed by atoms with van der Waals surface area (Å²) < 4.78 is 20.2. The molecule has 0 saturated carbocycles. The zero-order valence-corrected chi connectivity index (χ0v) is 10.5. The Morgan fingerprint density at radius 1 is 1.20 bits per heavy atom. The minimum absolute atomic E-state index is 0.108. The quantitative estimate of drug-likeness (QED) is 0.796. The average molecular weight is 273 g/mol. The molecule has 102 valence electrons. The van der Waals surface area contributed by atoms with Crippen LogP contribution in [0.25, 0.3) is 11.1 Å². The SMILES string of the molecule is O=c1oc2cc(CO)ccc2n1Cc1ccccc1F. The number of rotatable bonds is 3. The van der Waals surface area contributed by atoms with Crippen molar-refractivity contribution in [3.63, 3.8) is 0 Å².